The molecule has 0 saturated carbocycles. The van der Waals surface area contributed by atoms with Crippen LogP contribution in [0.15, 0.2) is 121 Å². The van der Waals surface area contributed by atoms with Gasteiger partial charge in [0.05, 0.1) is 25.4 Å². The largest absolute Gasteiger partial charge is 0.400 e. The predicted molar refractivity (Wildman–Crippen MR) is 182 cm³/mol. The third kappa shape index (κ3) is 6.49. The van der Waals surface area contributed by atoms with Crippen molar-refractivity contribution < 1.29 is 13.9 Å². The highest BCUT2D eigenvalue weighted by molar-refractivity contribution is 6.99. The van der Waals surface area contributed by atoms with E-state index < -0.39 is 8.32 Å². The van der Waals surface area contributed by atoms with Gasteiger partial charge in [-0.05, 0) is 52.2 Å². The number of ether oxygens (including phenoxy) is 2. The zero-order chi connectivity index (χ0) is 30.4. The van der Waals surface area contributed by atoms with Gasteiger partial charge in [0.15, 0.2) is 0 Å². The Hall–Kier alpha value is -3.06. The lowest BCUT2D eigenvalue weighted by Gasteiger charge is -2.50. The molecule has 0 aliphatic carbocycles. The van der Waals surface area contributed by atoms with Gasteiger partial charge in [-0.3, -0.25) is 4.90 Å². The molecule has 2 aliphatic heterocycles. The van der Waals surface area contributed by atoms with Gasteiger partial charge in [-0.25, -0.2) is 0 Å². The van der Waals surface area contributed by atoms with Crippen molar-refractivity contribution in [2.24, 2.45) is 0 Å². The zero-order valence-electron chi connectivity index (χ0n) is 26.5. The molecule has 1 unspecified atom stereocenters. The second kappa shape index (κ2) is 13.9. The van der Waals surface area contributed by atoms with E-state index >= 15 is 0 Å². The van der Waals surface area contributed by atoms with Crippen molar-refractivity contribution in [1.29, 1.82) is 0 Å². The third-order valence-electron chi connectivity index (χ3n) is 9.47. The van der Waals surface area contributed by atoms with Crippen LogP contribution in [-0.4, -0.2) is 44.8 Å². The first-order valence-electron chi connectivity index (χ1n) is 16.3. The summed E-state index contributed by atoms with van der Waals surface area (Å²) in [5, 5.41) is 2.56. The van der Waals surface area contributed by atoms with Gasteiger partial charge >= 0.3 is 0 Å². The summed E-state index contributed by atoms with van der Waals surface area (Å²) in [5.74, 6) is 0. The van der Waals surface area contributed by atoms with Crippen molar-refractivity contribution in [3.8, 4) is 0 Å². The van der Waals surface area contributed by atoms with E-state index in [1.54, 1.807) is 0 Å². The molecule has 0 spiro atoms. The minimum absolute atomic E-state index is 0.0133. The predicted octanol–water partition coefficient (Wildman–Crippen LogP) is 7.49. The van der Waals surface area contributed by atoms with E-state index in [2.05, 4.69) is 147 Å². The standard InChI is InChI=1S/C39H47NO3Si/c1-39(2,3)44(34-22-12-6-13-23-34,35-24-14-7-15-25-35)43-37-27-26-33(21-16-28-41-29-31-17-8-4-9-18-31)40-36(30-42-38(37)40)32-19-10-5-11-20-32/h4-15,17-20,22-25,33,36-38H,16,21,26-30H2,1-3H3/t33-,36+,37-,38?/m1/s1. The third-order valence-corrected chi connectivity index (χ3v) is 14.5. The second-order valence-corrected chi connectivity index (χ2v) is 17.6. The first kappa shape index (κ1) is 30.9. The normalized spacial score (nSPS) is 22.5. The van der Waals surface area contributed by atoms with Crippen molar-refractivity contribution >= 4 is 18.7 Å². The molecule has 0 amide bonds. The van der Waals surface area contributed by atoms with Crippen LogP contribution in [0.5, 0.6) is 0 Å². The maximum Gasteiger partial charge on any atom is 0.261 e. The maximum atomic E-state index is 7.70. The quantitative estimate of drug-likeness (QED) is 0.131. The maximum absolute atomic E-state index is 7.70. The first-order chi connectivity index (χ1) is 21.5. The van der Waals surface area contributed by atoms with Crippen LogP contribution in [-0.2, 0) is 20.5 Å². The van der Waals surface area contributed by atoms with Crippen LogP contribution in [0, 0.1) is 0 Å². The number of hydrogen-bond acceptors (Lipinski definition) is 4. The smallest absolute Gasteiger partial charge is 0.261 e. The minimum Gasteiger partial charge on any atom is -0.400 e. The van der Waals surface area contributed by atoms with E-state index in [-0.39, 0.29) is 23.4 Å². The molecule has 230 valence electrons. The summed E-state index contributed by atoms with van der Waals surface area (Å²) >= 11 is 0. The molecule has 4 nitrogen and oxygen atoms in total. The Kier molecular flexibility index (Phi) is 9.79. The Balaban J connectivity index is 1.26. The summed E-state index contributed by atoms with van der Waals surface area (Å²) in [4.78, 5) is 2.67. The molecular formula is C39H47NO3Si. The van der Waals surface area contributed by atoms with E-state index in [0.29, 0.717) is 19.3 Å². The molecule has 2 heterocycles. The summed E-state index contributed by atoms with van der Waals surface area (Å²) < 4.78 is 20.6. The Morgan fingerprint density at radius 1 is 0.750 bits per heavy atom. The lowest BCUT2D eigenvalue weighted by molar-refractivity contribution is -0.104. The van der Waals surface area contributed by atoms with E-state index in [1.807, 2.05) is 0 Å². The molecule has 0 aromatic heterocycles. The summed E-state index contributed by atoms with van der Waals surface area (Å²) in [6, 6.07) is 44.0. The summed E-state index contributed by atoms with van der Waals surface area (Å²) in [6.45, 7) is 9.21. The van der Waals surface area contributed by atoms with Gasteiger partial charge in [-0.15, -0.1) is 0 Å². The molecule has 4 aromatic carbocycles. The number of hydrogen-bond donors (Lipinski definition) is 0. The molecule has 2 aliphatic rings. The fraction of sp³-hybridized carbons (Fsp3) is 0.385. The molecule has 2 fully saturated rings. The van der Waals surface area contributed by atoms with Crippen LogP contribution in [0.1, 0.15) is 63.6 Å². The number of fused-ring (bicyclic) bond motifs is 1. The van der Waals surface area contributed by atoms with Crippen LogP contribution >= 0.6 is 0 Å². The molecule has 44 heavy (non-hydrogen) atoms. The Morgan fingerprint density at radius 2 is 1.32 bits per heavy atom. The zero-order valence-corrected chi connectivity index (χ0v) is 27.5. The molecule has 0 N–H and O–H groups in total. The number of benzene rings is 4. The molecule has 0 bridgehead atoms. The molecule has 6 rings (SSSR count). The highest BCUT2D eigenvalue weighted by Gasteiger charge is 2.55. The monoisotopic (exact) mass is 605 g/mol. The lowest BCUT2D eigenvalue weighted by Crippen LogP contribution is -2.69. The van der Waals surface area contributed by atoms with Gasteiger partial charge < -0.3 is 13.9 Å². The molecule has 5 heteroatoms. The van der Waals surface area contributed by atoms with Crippen molar-refractivity contribution in [2.75, 3.05) is 13.2 Å². The van der Waals surface area contributed by atoms with Gasteiger partial charge in [0.1, 0.15) is 6.23 Å². The SMILES string of the molecule is CC(C)(C)[Si](O[C@@H]1CC[C@@H](CCCOCc2ccccc2)N2C1OC[C@H]2c1ccccc1)(c1ccccc1)c1ccccc1. The van der Waals surface area contributed by atoms with Gasteiger partial charge in [0.2, 0.25) is 0 Å². The van der Waals surface area contributed by atoms with Gasteiger partial charge in [-0.1, -0.05) is 142 Å². The van der Waals surface area contributed by atoms with Gasteiger partial charge in [-0.2, -0.15) is 0 Å². The Morgan fingerprint density at radius 3 is 1.91 bits per heavy atom. The van der Waals surface area contributed by atoms with Crippen LogP contribution in [0.3, 0.4) is 0 Å². The molecule has 0 radical (unpaired) electrons. The summed E-state index contributed by atoms with van der Waals surface area (Å²) in [6.07, 6.45) is 4.10. The van der Waals surface area contributed by atoms with Gasteiger partial charge in [0, 0.05) is 12.6 Å². The van der Waals surface area contributed by atoms with E-state index in [9.17, 15) is 0 Å². The fourth-order valence-corrected chi connectivity index (χ4v) is 12.1. The van der Waals surface area contributed by atoms with Crippen LogP contribution in [0.4, 0.5) is 0 Å². The van der Waals surface area contributed by atoms with Crippen LogP contribution < -0.4 is 10.4 Å². The van der Waals surface area contributed by atoms with Gasteiger partial charge in [0.25, 0.3) is 8.32 Å². The fourth-order valence-electron chi connectivity index (χ4n) is 7.41. The Labute approximate surface area is 265 Å². The average molecular weight is 606 g/mol. The van der Waals surface area contributed by atoms with E-state index in [4.69, 9.17) is 13.9 Å². The van der Waals surface area contributed by atoms with Crippen molar-refractivity contribution in [2.45, 2.75) is 82.5 Å². The summed E-state index contributed by atoms with van der Waals surface area (Å²) in [7, 11) is -2.71. The molecule has 4 aromatic rings. The van der Waals surface area contributed by atoms with Crippen molar-refractivity contribution in [1.82, 2.24) is 4.90 Å². The average Bonchev–Trinajstić information content (AvgIpc) is 3.51. The molecular weight excluding hydrogens is 559 g/mol. The molecule has 4 atom stereocenters. The van der Waals surface area contributed by atoms with E-state index in [0.717, 1.165) is 32.3 Å². The molecule has 2 saturated heterocycles. The van der Waals surface area contributed by atoms with Crippen LogP contribution in [0.2, 0.25) is 5.04 Å². The Bertz CT molecular complexity index is 1390. The number of nitrogens with zero attached hydrogens (tertiary/aromatic N) is 1. The lowest BCUT2D eigenvalue weighted by atomic mass is 9.92. The topological polar surface area (TPSA) is 30.9 Å². The number of piperidine rings is 1. The van der Waals surface area contributed by atoms with Crippen molar-refractivity contribution in [3.63, 3.8) is 0 Å². The summed E-state index contributed by atoms with van der Waals surface area (Å²) in [5.41, 5.74) is 2.55. The second-order valence-electron chi connectivity index (χ2n) is 13.3. The minimum atomic E-state index is -2.71. The highest BCUT2D eigenvalue weighted by atomic mass is 28.4. The van der Waals surface area contributed by atoms with E-state index in [1.165, 1.54) is 21.5 Å². The van der Waals surface area contributed by atoms with Crippen molar-refractivity contribution in [3.05, 3.63) is 132 Å². The van der Waals surface area contributed by atoms with Crippen LogP contribution in [0.25, 0.3) is 0 Å². The highest BCUT2D eigenvalue weighted by Crippen LogP contribution is 2.44. The number of rotatable bonds is 11. The first-order valence-corrected chi connectivity index (χ1v) is 18.2.